The van der Waals surface area contributed by atoms with Gasteiger partial charge >= 0.3 is 5.97 Å². The standard InChI is InChI=1S/C21H23NO6/c1-21(2,3)16-6-8-17(9-7-16)27-14-20(23)28-18-10-5-15(11-12-22(24)25)13-19(18)26-4/h5-13H,14H2,1-4H3/b12-11+. The predicted molar refractivity (Wildman–Crippen MR) is 105 cm³/mol. The van der Waals surface area contributed by atoms with Gasteiger partial charge in [0.2, 0.25) is 6.20 Å². The summed E-state index contributed by atoms with van der Waals surface area (Å²) in [6, 6.07) is 12.2. The quantitative estimate of drug-likeness (QED) is 0.307. The van der Waals surface area contributed by atoms with Gasteiger partial charge in [-0.2, -0.15) is 0 Å². The third kappa shape index (κ3) is 6.12. The Morgan fingerprint density at radius 1 is 1.11 bits per heavy atom. The first-order valence-electron chi connectivity index (χ1n) is 8.63. The van der Waals surface area contributed by atoms with Crippen LogP contribution in [0.1, 0.15) is 31.9 Å². The number of nitro groups is 1. The molecule has 2 rings (SSSR count). The SMILES string of the molecule is COc1cc(/C=C/[N+](=O)[O-])ccc1OC(=O)COc1ccc(C(C)(C)C)cc1. The van der Waals surface area contributed by atoms with E-state index in [-0.39, 0.29) is 23.5 Å². The number of benzene rings is 2. The molecular weight excluding hydrogens is 362 g/mol. The lowest BCUT2D eigenvalue weighted by Gasteiger charge is -2.19. The van der Waals surface area contributed by atoms with Crippen LogP contribution in [0, 0.1) is 10.1 Å². The van der Waals surface area contributed by atoms with E-state index in [1.807, 2.05) is 24.3 Å². The fourth-order valence-corrected chi connectivity index (χ4v) is 2.36. The topological polar surface area (TPSA) is 87.9 Å². The molecule has 0 spiro atoms. The molecule has 0 aliphatic heterocycles. The lowest BCUT2D eigenvalue weighted by molar-refractivity contribution is -0.400. The van der Waals surface area contributed by atoms with Crippen molar-refractivity contribution < 1.29 is 23.9 Å². The Balaban J connectivity index is 1.98. The number of esters is 1. The summed E-state index contributed by atoms with van der Waals surface area (Å²) in [5.74, 6) is 0.467. The van der Waals surface area contributed by atoms with Crippen molar-refractivity contribution in [3.63, 3.8) is 0 Å². The molecule has 0 bridgehead atoms. The fourth-order valence-electron chi connectivity index (χ4n) is 2.36. The van der Waals surface area contributed by atoms with Crippen molar-refractivity contribution in [2.24, 2.45) is 0 Å². The van der Waals surface area contributed by atoms with E-state index < -0.39 is 10.9 Å². The van der Waals surface area contributed by atoms with E-state index in [9.17, 15) is 14.9 Å². The summed E-state index contributed by atoms with van der Waals surface area (Å²) in [7, 11) is 1.42. The number of methoxy groups -OCH3 is 1. The molecule has 28 heavy (non-hydrogen) atoms. The molecule has 0 saturated carbocycles. The number of hydrogen-bond donors (Lipinski definition) is 0. The first-order valence-corrected chi connectivity index (χ1v) is 8.63. The van der Waals surface area contributed by atoms with Gasteiger partial charge in [-0.3, -0.25) is 10.1 Å². The van der Waals surface area contributed by atoms with Crippen molar-refractivity contribution in [1.82, 2.24) is 0 Å². The summed E-state index contributed by atoms with van der Waals surface area (Å²) in [5.41, 5.74) is 1.75. The molecule has 0 saturated heterocycles. The minimum absolute atomic E-state index is 0.0367. The Labute approximate surface area is 163 Å². The van der Waals surface area contributed by atoms with Crippen molar-refractivity contribution in [3.05, 3.63) is 69.9 Å². The van der Waals surface area contributed by atoms with Gasteiger partial charge in [-0.1, -0.05) is 39.0 Å². The molecule has 2 aromatic rings. The van der Waals surface area contributed by atoms with Crippen LogP contribution in [0.2, 0.25) is 0 Å². The van der Waals surface area contributed by atoms with Gasteiger partial charge in [0.1, 0.15) is 5.75 Å². The second-order valence-corrected chi connectivity index (χ2v) is 7.05. The highest BCUT2D eigenvalue weighted by molar-refractivity contribution is 5.75. The molecule has 0 atom stereocenters. The molecular formula is C21H23NO6. The fraction of sp³-hybridized carbons (Fsp3) is 0.286. The molecule has 0 heterocycles. The third-order valence-corrected chi connectivity index (χ3v) is 3.88. The van der Waals surface area contributed by atoms with Crippen molar-refractivity contribution in [2.75, 3.05) is 13.7 Å². The largest absolute Gasteiger partial charge is 0.493 e. The summed E-state index contributed by atoms with van der Waals surface area (Å²) < 4.78 is 15.9. The summed E-state index contributed by atoms with van der Waals surface area (Å²) in [4.78, 5) is 21.9. The van der Waals surface area contributed by atoms with Crippen LogP contribution in [0.15, 0.2) is 48.7 Å². The van der Waals surface area contributed by atoms with Crippen LogP contribution in [-0.2, 0) is 10.2 Å². The lowest BCUT2D eigenvalue weighted by Crippen LogP contribution is -2.18. The minimum Gasteiger partial charge on any atom is -0.493 e. The van der Waals surface area contributed by atoms with Crippen molar-refractivity contribution >= 4 is 12.0 Å². The molecule has 7 nitrogen and oxygen atoms in total. The zero-order valence-electron chi connectivity index (χ0n) is 16.3. The van der Waals surface area contributed by atoms with E-state index >= 15 is 0 Å². The van der Waals surface area contributed by atoms with Gasteiger partial charge in [0, 0.05) is 6.08 Å². The zero-order valence-corrected chi connectivity index (χ0v) is 16.3. The Morgan fingerprint density at radius 2 is 1.79 bits per heavy atom. The average Bonchev–Trinajstić information content (AvgIpc) is 2.65. The third-order valence-electron chi connectivity index (χ3n) is 3.88. The molecule has 0 aliphatic rings. The Morgan fingerprint density at radius 3 is 2.36 bits per heavy atom. The molecule has 148 valence electrons. The molecule has 2 aromatic carbocycles. The minimum atomic E-state index is -0.591. The van der Waals surface area contributed by atoms with Crippen LogP contribution in [0.3, 0.4) is 0 Å². The molecule has 0 radical (unpaired) electrons. The number of carbonyl (C=O) groups is 1. The number of nitrogens with zero attached hydrogens (tertiary/aromatic N) is 1. The normalized spacial score (nSPS) is 11.3. The van der Waals surface area contributed by atoms with Crippen LogP contribution in [0.5, 0.6) is 17.2 Å². The number of carbonyl (C=O) groups excluding carboxylic acids is 1. The monoisotopic (exact) mass is 385 g/mol. The smallest absolute Gasteiger partial charge is 0.349 e. The van der Waals surface area contributed by atoms with Crippen molar-refractivity contribution in [1.29, 1.82) is 0 Å². The summed E-state index contributed by atoms with van der Waals surface area (Å²) in [6.07, 6.45) is 2.14. The van der Waals surface area contributed by atoms with Crippen LogP contribution in [0.4, 0.5) is 0 Å². The zero-order chi connectivity index (χ0) is 20.7. The van der Waals surface area contributed by atoms with Gasteiger partial charge in [0.25, 0.3) is 0 Å². The van der Waals surface area contributed by atoms with Gasteiger partial charge in [0.05, 0.1) is 12.0 Å². The van der Waals surface area contributed by atoms with Gasteiger partial charge in [0.15, 0.2) is 18.1 Å². The van der Waals surface area contributed by atoms with E-state index in [2.05, 4.69) is 20.8 Å². The van der Waals surface area contributed by atoms with Gasteiger partial charge in [-0.05, 0) is 40.8 Å². The first kappa shape index (κ1) is 21.0. The van der Waals surface area contributed by atoms with Gasteiger partial charge < -0.3 is 14.2 Å². The van der Waals surface area contributed by atoms with E-state index in [0.717, 1.165) is 6.20 Å². The highest BCUT2D eigenvalue weighted by Gasteiger charge is 2.14. The second kappa shape index (κ2) is 9.03. The van der Waals surface area contributed by atoms with Crippen LogP contribution in [0.25, 0.3) is 6.08 Å². The van der Waals surface area contributed by atoms with E-state index in [1.54, 1.807) is 6.07 Å². The molecule has 0 aliphatic carbocycles. The highest BCUT2D eigenvalue weighted by Crippen LogP contribution is 2.29. The first-order chi connectivity index (χ1) is 13.2. The number of rotatable bonds is 7. The van der Waals surface area contributed by atoms with E-state index in [0.29, 0.717) is 11.3 Å². The highest BCUT2D eigenvalue weighted by atomic mass is 16.6. The Bertz CT molecular complexity index is 865. The summed E-state index contributed by atoms with van der Waals surface area (Å²) in [6.45, 7) is 6.09. The maximum atomic E-state index is 12.1. The van der Waals surface area contributed by atoms with E-state index in [4.69, 9.17) is 14.2 Å². The average molecular weight is 385 g/mol. The molecule has 0 aromatic heterocycles. The lowest BCUT2D eigenvalue weighted by atomic mass is 9.87. The number of hydrogen-bond acceptors (Lipinski definition) is 6. The predicted octanol–water partition coefficient (Wildman–Crippen LogP) is 4.22. The summed E-state index contributed by atoms with van der Waals surface area (Å²) >= 11 is 0. The molecule has 0 amide bonds. The molecule has 0 fully saturated rings. The summed E-state index contributed by atoms with van der Waals surface area (Å²) in [5, 5.41) is 10.4. The van der Waals surface area contributed by atoms with Crippen LogP contribution in [-0.4, -0.2) is 24.6 Å². The number of ether oxygens (including phenoxy) is 3. The second-order valence-electron chi connectivity index (χ2n) is 7.05. The van der Waals surface area contributed by atoms with Crippen molar-refractivity contribution in [2.45, 2.75) is 26.2 Å². The molecule has 7 heteroatoms. The van der Waals surface area contributed by atoms with Crippen LogP contribution >= 0.6 is 0 Å². The maximum absolute atomic E-state index is 12.1. The van der Waals surface area contributed by atoms with E-state index in [1.165, 1.54) is 30.9 Å². The Hall–Kier alpha value is -3.35. The van der Waals surface area contributed by atoms with Gasteiger partial charge in [-0.15, -0.1) is 0 Å². The van der Waals surface area contributed by atoms with Crippen molar-refractivity contribution in [3.8, 4) is 17.2 Å². The van der Waals surface area contributed by atoms with Gasteiger partial charge in [-0.25, -0.2) is 4.79 Å². The Kier molecular flexibility index (Phi) is 6.76. The molecule has 0 unspecified atom stereocenters. The van der Waals surface area contributed by atoms with Crippen LogP contribution < -0.4 is 14.2 Å². The maximum Gasteiger partial charge on any atom is 0.349 e. The molecule has 0 N–H and O–H groups in total.